The highest BCUT2D eigenvalue weighted by molar-refractivity contribution is 5.24. The minimum atomic E-state index is 0.223. The van der Waals surface area contributed by atoms with Crippen LogP contribution in [0.3, 0.4) is 0 Å². The number of benzene rings is 1. The molecule has 1 aromatic heterocycles. The van der Waals surface area contributed by atoms with E-state index in [-0.39, 0.29) is 6.04 Å². The van der Waals surface area contributed by atoms with Crippen molar-refractivity contribution in [2.24, 2.45) is 0 Å². The molecular weight excluding hydrogens is 210 g/mol. The van der Waals surface area contributed by atoms with Gasteiger partial charge in [-0.25, -0.2) is 0 Å². The van der Waals surface area contributed by atoms with Crippen LogP contribution in [-0.2, 0) is 0 Å². The van der Waals surface area contributed by atoms with Crippen molar-refractivity contribution in [3.63, 3.8) is 0 Å². The molecule has 2 aromatic rings. The smallest absolute Gasteiger partial charge is 0.120 e. The van der Waals surface area contributed by atoms with Gasteiger partial charge in [-0.15, -0.1) is 0 Å². The first-order chi connectivity index (χ1) is 8.16. The highest BCUT2D eigenvalue weighted by Crippen LogP contribution is 2.20. The van der Waals surface area contributed by atoms with Gasteiger partial charge in [0.1, 0.15) is 5.76 Å². The Morgan fingerprint density at radius 3 is 2.53 bits per heavy atom. The minimum Gasteiger partial charge on any atom is -0.468 e. The number of hydrogen-bond donors (Lipinski definition) is 1. The van der Waals surface area contributed by atoms with Crippen molar-refractivity contribution < 1.29 is 4.42 Å². The molecule has 2 heteroatoms. The molecule has 2 atom stereocenters. The van der Waals surface area contributed by atoms with Crippen molar-refractivity contribution in [3.05, 3.63) is 59.5 Å². The van der Waals surface area contributed by atoms with Crippen LogP contribution in [0.15, 0.2) is 47.1 Å². The maximum atomic E-state index is 5.39. The third-order valence-electron chi connectivity index (χ3n) is 3.01. The third-order valence-corrected chi connectivity index (χ3v) is 3.01. The number of nitrogens with one attached hydrogen (secondary N) is 1. The van der Waals surface area contributed by atoms with Crippen LogP contribution in [0.2, 0.25) is 0 Å². The van der Waals surface area contributed by atoms with Gasteiger partial charge in [-0.2, -0.15) is 0 Å². The zero-order valence-electron chi connectivity index (χ0n) is 10.6. The molecule has 0 aliphatic carbocycles. The quantitative estimate of drug-likeness (QED) is 0.857. The topological polar surface area (TPSA) is 25.2 Å². The molecule has 17 heavy (non-hydrogen) atoms. The first-order valence-electron chi connectivity index (χ1n) is 6.03. The van der Waals surface area contributed by atoms with Crippen molar-refractivity contribution in [2.45, 2.75) is 32.9 Å². The van der Waals surface area contributed by atoms with Crippen LogP contribution >= 0.6 is 0 Å². The van der Waals surface area contributed by atoms with Gasteiger partial charge >= 0.3 is 0 Å². The third kappa shape index (κ3) is 2.98. The van der Waals surface area contributed by atoms with Crippen molar-refractivity contribution in [2.75, 3.05) is 0 Å². The fourth-order valence-corrected chi connectivity index (χ4v) is 2.03. The molecule has 1 N–H and O–H groups in total. The van der Waals surface area contributed by atoms with E-state index in [2.05, 4.69) is 50.4 Å². The highest BCUT2D eigenvalue weighted by atomic mass is 16.3. The van der Waals surface area contributed by atoms with Gasteiger partial charge in [0.2, 0.25) is 0 Å². The molecule has 1 unspecified atom stereocenters. The van der Waals surface area contributed by atoms with E-state index in [1.54, 1.807) is 6.26 Å². The Morgan fingerprint density at radius 2 is 1.88 bits per heavy atom. The van der Waals surface area contributed by atoms with Crippen molar-refractivity contribution >= 4 is 0 Å². The molecule has 1 heterocycles. The van der Waals surface area contributed by atoms with Crippen LogP contribution in [0.4, 0.5) is 0 Å². The van der Waals surface area contributed by atoms with E-state index in [1.807, 2.05) is 12.1 Å². The predicted molar refractivity (Wildman–Crippen MR) is 69.9 cm³/mol. The summed E-state index contributed by atoms with van der Waals surface area (Å²) in [6.07, 6.45) is 1.71. The van der Waals surface area contributed by atoms with E-state index in [9.17, 15) is 0 Å². The molecular formula is C15H19NO. The number of rotatable bonds is 4. The first-order valence-corrected chi connectivity index (χ1v) is 6.03. The molecule has 1 aromatic carbocycles. The molecule has 0 saturated carbocycles. The van der Waals surface area contributed by atoms with Gasteiger partial charge in [0, 0.05) is 6.04 Å². The molecule has 0 aliphatic rings. The second-order valence-corrected chi connectivity index (χ2v) is 4.54. The molecule has 0 aliphatic heterocycles. The number of aryl methyl sites for hydroxylation is 1. The van der Waals surface area contributed by atoms with Crippen LogP contribution in [0.25, 0.3) is 0 Å². The fraction of sp³-hybridized carbons (Fsp3) is 0.333. The molecule has 90 valence electrons. The van der Waals surface area contributed by atoms with Gasteiger partial charge in [0.05, 0.1) is 12.3 Å². The Hall–Kier alpha value is -1.54. The second-order valence-electron chi connectivity index (χ2n) is 4.54. The van der Waals surface area contributed by atoms with Gasteiger partial charge in [0.25, 0.3) is 0 Å². The lowest BCUT2D eigenvalue weighted by Crippen LogP contribution is -2.22. The van der Waals surface area contributed by atoms with E-state index in [4.69, 9.17) is 4.42 Å². The van der Waals surface area contributed by atoms with E-state index in [0.717, 1.165) is 5.76 Å². The highest BCUT2D eigenvalue weighted by Gasteiger charge is 2.12. The molecule has 0 amide bonds. The number of furan rings is 1. The lowest BCUT2D eigenvalue weighted by atomic mass is 10.0. The van der Waals surface area contributed by atoms with Crippen LogP contribution < -0.4 is 5.32 Å². The lowest BCUT2D eigenvalue weighted by molar-refractivity contribution is 0.403. The maximum absolute atomic E-state index is 5.39. The summed E-state index contributed by atoms with van der Waals surface area (Å²) in [5.74, 6) is 0.976. The zero-order chi connectivity index (χ0) is 12.3. The number of hydrogen-bond acceptors (Lipinski definition) is 2. The zero-order valence-corrected chi connectivity index (χ0v) is 10.6. The van der Waals surface area contributed by atoms with Gasteiger partial charge in [0.15, 0.2) is 0 Å². The maximum Gasteiger partial charge on any atom is 0.120 e. The largest absolute Gasteiger partial charge is 0.468 e. The summed E-state index contributed by atoms with van der Waals surface area (Å²) < 4.78 is 5.39. The second kappa shape index (κ2) is 5.19. The Bertz CT molecular complexity index is 462. The Labute approximate surface area is 103 Å². The first kappa shape index (κ1) is 11.9. The van der Waals surface area contributed by atoms with Crippen LogP contribution in [-0.4, -0.2) is 0 Å². The van der Waals surface area contributed by atoms with E-state index in [0.29, 0.717) is 6.04 Å². The Balaban J connectivity index is 2.04. The molecule has 0 bridgehead atoms. The predicted octanol–water partition coefficient (Wildman–Crippen LogP) is 4.00. The summed E-state index contributed by atoms with van der Waals surface area (Å²) in [5, 5.41) is 3.53. The Morgan fingerprint density at radius 1 is 1.06 bits per heavy atom. The summed E-state index contributed by atoms with van der Waals surface area (Å²) in [5.41, 5.74) is 2.60. The Kier molecular flexibility index (Phi) is 3.64. The normalized spacial score (nSPS) is 14.5. The molecule has 0 radical (unpaired) electrons. The van der Waals surface area contributed by atoms with E-state index < -0.39 is 0 Å². The van der Waals surface area contributed by atoms with Crippen molar-refractivity contribution in [3.8, 4) is 0 Å². The van der Waals surface area contributed by atoms with Crippen LogP contribution in [0, 0.1) is 6.92 Å². The summed E-state index contributed by atoms with van der Waals surface area (Å²) in [4.78, 5) is 0. The van der Waals surface area contributed by atoms with Crippen LogP contribution in [0.5, 0.6) is 0 Å². The molecule has 0 spiro atoms. The van der Waals surface area contributed by atoms with Crippen molar-refractivity contribution in [1.82, 2.24) is 5.32 Å². The summed E-state index contributed by atoms with van der Waals surface area (Å²) in [7, 11) is 0. The SMILES string of the molecule is Cc1cccc([C@@H](C)NC(C)c2ccco2)c1. The summed E-state index contributed by atoms with van der Waals surface area (Å²) >= 11 is 0. The summed E-state index contributed by atoms with van der Waals surface area (Å²) in [6, 6.07) is 13.0. The van der Waals surface area contributed by atoms with E-state index in [1.165, 1.54) is 11.1 Å². The standard InChI is InChI=1S/C15H19NO/c1-11-6-4-7-14(10-11)12(2)16-13(3)15-8-5-9-17-15/h4-10,12-13,16H,1-3H3/t12-,13?/m1/s1. The fourth-order valence-electron chi connectivity index (χ4n) is 2.03. The minimum absolute atomic E-state index is 0.223. The van der Waals surface area contributed by atoms with Gasteiger partial charge in [-0.05, 0) is 38.5 Å². The van der Waals surface area contributed by atoms with Gasteiger partial charge < -0.3 is 9.73 Å². The molecule has 2 rings (SSSR count). The summed E-state index contributed by atoms with van der Waals surface area (Å²) in [6.45, 7) is 6.41. The average molecular weight is 229 g/mol. The monoisotopic (exact) mass is 229 g/mol. The average Bonchev–Trinajstić information content (AvgIpc) is 2.82. The van der Waals surface area contributed by atoms with Crippen molar-refractivity contribution in [1.29, 1.82) is 0 Å². The molecule has 0 saturated heterocycles. The van der Waals surface area contributed by atoms with Gasteiger partial charge in [-0.1, -0.05) is 29.8 Å². The lowest BCUT2D eigenvalue weighted by Gasteiger charge is -2.19. The molecule has 2 nitrogen and oxygen atoms in total. The van der Waals surface area contributed by atoms with Gasteiger partial charge in [-0.3, -0.25) is 0 Å². The molecule has 0 fully saturated rings. The van der Waals surface area contributed by atoms with E-state index >= 15 is 0 Å². The van der Waals surface area contributed by atoms with Crippen LogP contribution in [0.1, 0.15) is 42.8 Å².